The highest BCUT2D eigenvalue weighted by molar-refractivity contribution is 5.78. The van der Waals surface area contributed by atoms with Crippen LogP contribution in [0.4, 0.5) is 4.79 Å². The molecule has 1 aromatic heterocycles. The van der Waals surface area contributed by atoms with E-state index in [4.69, 9.17) is 4.74 Å². The van der Waals surface area contributed by atoms with Gasteiger partial charge < -0.3 is 24.8 Å². The number of aromatic amines is 2. The molecule has 4 rings (SSSR count). The van der Waals surface area contributed by atoms with Crippen molar-refractivity contribution in [2.45, 2.75) is 69.7 Å². The van der Waals surface area contributed by atoms with Crippen LogP contribution in [-0.4, -0.2) is 72.6 Å². The molecule has 6 atom stereocenters. The highest BCUT2D eigenvalue weighted by Gasteiger charge is 2.58. The van der Waals surface area contributed by atoms with E-state index in [9.17, 15) is 24.6 Å². The number of carbonyl (C=O) groups excluding carboxylic acids is 1. The van der Waals surface area contributed by atoms with Crippen LogP contribution in [0.3, 0.4) is 0 Å². The number of hydrogen-bond donors (Lipinski definition) is 4. The fraction of sp³-hybridized carbons (Fsp3) is 0.722. The lowest BCUT2D eigenvalue weighted by Crippen LogP contribution is -2.68. The molecule has 0 spiro atoms. The molecule has 0 bridgehead atoms. The van der Waals surface area contributed by atoms with E-state index in [1.807, 2.05) is 6.92 Å². The highest BCUT2D eigenvalue weighted by atomic mass is 16.5. The first-order chi connectivity index (χ1) is 13.1. The van der Waals surface area contributed by atoms with Crippen LogP contribution < -0.4 is 11.2 Å². The second kappa shape index (κ2) is 6.43. The molecule has 3 aliphatic rings. The Morgan fingerprint density at radius 1 is 1.25 bits per heavy atom. The van der Waals surface area contributed by atoms with Gasteiger partial charge in [0, 0.05) is 18.0 Å². The lowest BCUT2D eigenvalue weighted by Gasteiger charge is -2.54. The third kappa shape index (κ3) is 2.78. The number of nitrogens with one attached hydrogen (secondary N) is 2. The lowest BCUT2D eigenvalue weighted by atomic mass is 9.80. The van der Waals surface area contributed by atoms with Gasteiger partial charge in [-0.2, -0.15) is 0 Å². The number of nitrogens with zero attached hydrogens (tertiary/aromatic N) is 2. The Labute approximate surface area is 161 Å². The van der Waals surface area contributed by atoms with Crippen LogP contribution in [0.2, 0.25) is 0 Å². The predicted octanol–water partition coefficient (Wildman–Crippen LogP) is -0.503. The Kier molecular flexibility index (Phi) is 4.40. The average Bonchev–Trinajstić information content (AvgIpc) is 2.87. The summed E-state index contributed by atoms with van der Waals surface area (Å²) in [7, 11) is 0. The first kappa shape index (κ1) is 19.2. The van der Waals surface area contributed by atoms with Crippen molar-refractivity contribution in [3.8, 4) is 0 Å². The molecule has 1 aromatic rings. The molecule has 0 aromatic carbocycles. The van der Waals surface area contributed by atoms with E-state index >= 15 is 0 Å². The van der Waals surface area contributed by atoms with E-state index < -0.39 is 41.3 Å². The molecule has 3 saturated heterocycles. The number of amides is 2. The Morgan fingerprint density at radius 2 is 1.96 bits per heavy atom. The van der Waals surface area contributed by atoms with E-state index in [0.717, 1.165) is 0 Å². The summed E-state index contributed by atoms with van der Waals surface area (Å²) in [6.07, 6.45) is -0.382. The topological polar surface area (TPSA) is 139 Å². The molecule has 4 heterocycles. The van der Waals surface area contributed by atoms with E-state index in [2.05, 4.69) is 9.97 Å². The van der Waals surface area contributed by atoms with Crippen molar-refractivity contribution in [1.29, 1.82) is 0 Å². The molecular formula is C18H26N4O6. The normalized spacial score (nSPS) is 37.0. The summed E-state index contributed by atoms with van der Waals surface area (Å²) in [5.41, 5.74) is -1.81. The number of aliphatic hydroxyl groups is 2. The molecule has 0 saturated carbocycles. The molecular weight excluding hydrogens is 368 g/mol. The highest BCUT2D eigenvalue weighted by Crippen LogP contribution is 2.48. The van der Waals surface area contributed by atoms with E-state index in [1.54, 1.807) is 23.6 Å². The van der Waals surface area contributed by atoms with Crippen LogP contribution in [-0.2, 0) is 4.74 Å². The van der Waals surface area contributed by atoms with E-state index in [-0.39, 0.29) is 24.6 Å². The van der Waals surface area contributed by atoms with Gasteiger partial charge in [-0.1, -0.05) is 6.92 Å². The molecule has 4 N–H and O–H groups in total. The van der Waals surface area contributed by atoms with Crippen molar-refractivity contribution in [2.24, 2.45) is 5.92 Å². The number of rotatable bonds is 2. The molecule has 0 radical (unpaired) electrons. The van der Waals surface area contributed by atoms with E-state index in [0.29, 0.717) is 18.5 Å². The zero-order chi connectivity index (χ0) is 20.4. The zero-order valence-corrected chi connectivity index (χ0v) is 16.1. The van der Waals surface area contributed by atoms with Gasteiger partial charge in [-0.3, -0.25) is 14.7 Å². The summed E-state index contributed by atoms with van der Waals surface area (Å²) in [4.78, 5) is 45.0. The molecule has 10 nitrogen and oxygen atoms in total. The standard InChI is InChI=1S/C18H26N4O6/c1-8-12(7-23)21-9(5-13(8)24)4-11-15(10-6-14(25)20-16(26)19-10)28-18(2,3)22(11)17(21)27/h6,8-9,11-13,15,23-24H,4-5,7H2,1-3H3,(H2,19,20,25,26)/t8-,9+,11-,12-,13+,15-/m1/s1. The van der Waals surface area contributed by atoms with Gasteiger partial charge in [0.25, 0.3) is 5.56 Å². The fourth-order valence-corrected chi connectivity index (χ4v) is 5.05. The van der Waals surface area contributed by atoms with Gasteiger partial charge in [0.1, 0.15) is 11.8 Å². The van der Waals surface area contributed by atoms with Gasteiger partial charge in [0.2, 0.25) is 0 Å². The third-order valence-corrected chi connectivity index (χ3v) is 6.37. The minimum atomic E-state index is -0.962. The molecule has 154 valence electrons. The van der Waals surface area contributed by atoms with Crippen LogP contribution >= 0.6 is 0 Å². The van der Waals surface area contributed by atoms with Crippen molar-refractivity contribution in [2.75, 3.05) is 6.61 Å². The molecule has 0 unspecified atom stereocenters. The summed E-state index contributed by atoms with van der Waals surface area (Å²) in [5.74, 6) is -0.242. The number of fused-ring (bicyclic) bond motifs is 2. The monoisotopic (exact) mass is 394 g/mol. The summed E-state index contributed by atoms with van der Waals surface area (Å²) < 4.78 is 6.12. The number of aliphatic hydroxyl groups excluding tert-OH is 2. The number of hydrogen-bond acceptors (Lipinski definition) is 6. The SMILES string of the molecule is C[C@@H]1[C@@H](CO)N2C(=O)N3[C@H](C[C@H]2C[C@@H]1O)[C@@H](c1cc(=O)[nH]c(=O)[nH]1)OC3(C)C. The number of H-pyrrole nitrogens is 2. The van der Waals surface area contributed by atoms with Gasteiger partial charge in [-0.25, -0.2) is 9.59 Å². The van der Waals surface area contributed by atoms with Gasteiger partial charge in [-0.05, 0) is 26.7 Å². The largest absolute Gasteiger partial charge is 0.394 e. The summed E-state index contributed by atoms with van der Waals surface area (Å²) >= 11 is 0. The molecule has 0 aliphatic carbocycles. The maximum absolute atomic E-state index is 13.4. The number of urea groups is 1. The Bertz CT molecular complexity index is 866. The van der Waals surface area contributed by atoms with E-state index in [1.165, 1.54) is 6.07 Å². The lowest BCUT2D eigenvalue weighted by molar-refractivity contribution is -0.0919. The molecule has 3 fully saturated rings. The van der Waals surface area contributed by atoms with Gasteiger partial charge in [0.05, 0.1) is 30.5 Å². The number of piperidine rings is 1. The number of carbonyl (C=O) groups is 1. The van der Waals surface area contributed by atoms with Crippen LogP contribution in [0.25, 0.3) is 0 Å². The maximum atomic E-state index is 13.4. The van der Waals surface area contributed by atoms with Gasteiger partial charge in [-0.15, -0.1) is 0 Å². The second-order valence-corrected chi connectivity index (χ2v) is 8.46. The minimum absolute atomic E-state index is 0.231. The number of ether oxygens (including phenoxy) is 1. The minimum Gasteiger partial charge on any atom is -0.394 e. The van der Waals surface area contributed by atoms with Crippen molar-refractivity contribution >= 4 is 6.03 Å². The van der Waals surface area contributed by atoms with Crippen LogP contribution in [0.1, 0.15) is 45.4 Å². The van der Waals surface area contributed by atoms with Crippen LogP contribution in [0.5, 0.6) is 0 Å². The smallest absolute Gasteiger partial charge is 0.325 e. The van der Waals surface area contributed by atoms with Crippen molar-refractivity contribution in [3.63, 3.8) is 0 Å². The maximum Gasteiger partial charge on any atom is 0.325 e. The fourth-order valence-electron chi connectivity index (χ4n) is 5.05. The van der Waals surface area contributed by atoms with Crippen LogP contribution in [0, 0.1) is 5.92 Å². The summed E-state index contributed by atoms with van der Waals surface area (Å²) in [6.45, 7) is 5.13. The van der Waals surface area contributed by atoms with Crippen molar-refractivity contribution < 1.29 is 19.7 Å². The number of aromatic nitrogens is 2. The Balaban J connectivity index is 1.74. The first-order valence-corrected chi connectivity index (χ1v) is 9.56. The Hall–Kier alpha value is -2.17. The molecule has 10 heteroatoms. The quantitative estimate of drug-likeness (QED) is 0.533. The van der Waals surface area contributed by atoms with Crippen LogP contribution in [0.15, 0.2) is 15.7 Å². The van der Waals surface area contributed by atoms with Crippen molar-refractivity contribution in [1.82, 2.24) is 19.8 Å². The average molecular weight is 394 g/mol. The van der Waals surface area contributed by atoms with Gasteiger partial charge >= 0.3 is 11.7 Å². The van der Waals surface area contributed by atoms with Crippen molar-refractivity contribution in [3.05, 3.63) is 32.6 Å². The molecule has 3 aliphatic heterocycles. The summed E-state index contributed by atoms with van der Waals surface area (Å²) in [6, 6.07) is -0.126. The predicted molar refractivity (Wildman–Crippen MR) is 97.5 cm³/mol. The summed E-state index contributed by atoms with van der Waals surface area (Å²) in [5, 5.41) is 20.3. The third-order valence-electron chi connectivity index (χ3n) is 6.37. The second-order valence-electron chi connectivity index (χ2n) is 8.46. The molecule has 28 heavy (non-hydrogen) atoms. The zero-order valence-electron chi connectivity index (χ0n) is 16.1. The molecule has 2 amide bonds. The van der Waals surface area contributed by atoms with Gasteiger partial charge in [0.15, 0.2) is 0 Å². The Morgan fingerprint density at radius 3 is 2.61 bits per heavy atom. The first-order valence-electron chi connectivity index (χ1n) is 9.56.